The number of hydrogen-bond donors (Lipinski definition) is 0. The van der Waals surface area contributed by atoms with E-state index in [1.54, 1.807) is 0 Å². The van der Waals surface area contributed by atoms with Gasteiger partial charge in [-0.2, -0.15) is 5.26 Å². The highest BCUT2D eigenvalue weighted by Crippen LogP contribution is 2.41. The summed E-state index contributed by atoms with van der Waals surface area (Å²) in [4.78, 5) is 13.8. The summed E-state index contributed by atoms with van der Waals surface area (Å²) in [6, 6.07) is 16.7. The molecule has 2 aromatic rings. The molecular formula is C34H47NO2. The van der Waals surface area contributed by atoms with Crippen molar-refractivity contribution in [1.29, 1.82) is 5.26 Å². The lowest BCUT2D eigenvalue weighted by molar-refractivity contribution is -0.142. The molecule has 2 aromatic carbocycles. The number of aryl methyl sites for hydroxylation is 1. The predicted octanol–water partition coefficient (Wildman–Crippen LogP) is 9.25. The van der Waals surface area contributed by atoms with Gasteiger partial charge in [-0.1, -0.05) is 115 Å². The number of ether oxygens (including phenoxy) is 1. The fraction of sp³-hybridized carbons (Fsp3) is 0.588. The van der Waals surface area contributed by atoms with Crippen LogP contribution in [0.4, 0.5) is 0 Å². The lowest BCUT2D eigenvalue weighted by Crippen LogP contribution is -2.41. The third-order valence-electron chi connectivity index (χ3n) is 8.18. The van der Waals surface area contributed by atoms with Crippen LogP contribution in [0, 0.1) is 17.2 Å². The Hall–Kier alpha value is -2.60. The number of hydrogen-bond acceptors (Lipinski definition) is 3. The molecule has 0 saturated heterocycles. The van der Waals surface area contributed by atoms with E-state index in [2.05, 4.69) is 51.1 Å². The largest absolute Gasteiger partial charge is 0.424 e. The van der Waals surface area contributed by atoms with Crippen molar-refractivity contribution >= 4 is 5.97 Å². The molecule has 1 unspecified atom stereocenters. The topological polar surface area (TPSA) is 50.1 Å². The Morgan fingerprint density at radius 3 is 2.27 bits per heavy atom. The van der Waals surface area contributed by atoms with Crippen LogP contribution >= 0.6 is 0 Å². The van der Waals surface area contributed by atoms with Gasteiger partial charge in [-0.25, -0.2) is 0 Å². The van der Waals surface area contributed by atoms with E-state index in [4.69, 9.17) is 4.74 Å². The van der Waals surface area contributed by atoms with Gasteiger partial charge in [0.25, 0.3) is 0 Å². The number of benzene rings is 2. The fourth-order valence-electron chi connectivity index (χ4n) is 5.84. The molecule has 1 saturated carbocycles. The van der Waals surface area contributed by atoms with Crippen LogP contribution in [0.3, 0.4) is 0 Å². The summed E-state index contributed by atoms with van der Waals surface area (Å²) in [5.41, 5.74) is 3.37. The standard InChI is InChI=1S/C34H47NO2/c1-4-6-8-11-15-28-18-21-32(30(25-28)26-35)37-33(36)34(22-12-9-13-23-34)31-19-16-29(17-20-31)24-27(3)14-10-7-5-2/h16-21,25,27H,4-15,22-24H2,1-3H3. The van der Waals surface area contributed by atoms with Crippen molar-refractivity contribution in [1.82, 2.24) is 0 Å². The van der Waals surface area contributed by atoms with E-state index in [0.717, 1.165) is 62.5 Å². The Labute approximate surface area is 225 Å². The molecule has 3 heteroatoms. The van der Waals surface area contributed by atoms with Crippen molar-refractivity contribution < 1.29 is 9.53 Å². The molecule has 0 aromatic heterocycles. The number of rotatable bonds is 14. The molecular weight excluding hydrogens is 454 g/mol. The van der Waals surface area contributed by atoms with Gasteiger partial charge < -0.3 is 4.74 Å². The molecule has 0 spiro atoms. The van der Waals surface area contributed by atoms with Crippen molar-refractivity contribution in [2.24, 2.45) is 5.92 Å². The number of carbonyl (C=O) groups is 1. The fourth-order valence-corrected chi connectivity index (χ4v) is 5.84. The van der Waals surface area contributed by atoms with Crippen molar-refractivity contribution in [2.45, 2.75) is 122 Å². The lowest BCUT2D eigenvalue weighted by Gasteiger charge is -2.35. The number of nitrogens with zero attached hydrogens (tertiary/aromatic N) is 1. The molecule has 1 atom stereocenters. The van der Waals surface area contributed by atoms with E-state index >= 15 is 0 Å². The second-order valence-corrected chi connectivity index (χ2v) is 11.3. The van der Waals surface area contributed by atoms with Gasteiger partial charge in [0.05, 0.1) is 11.0 Å². The first-order valence-electron chi connectivity index (χ1n) is 14.9. The third kappa shape index (κ3) is 8.19. The van der Waals surface area contributed by atoms with Crippen LogP contribution in [0.25, 0.3) is 0 Å². The average molecular weight is 502 g/mol. The van der Waals surface area contributed by atoms with Crippen LogP contribution in [-0.4, -0.2) is 5.97 Å². The Morgan fingerprint density at radius 2 is 1.59 bits per heavy atom. The van der Waals surface area contributed by atoms with E-state index < -0.39 is 5.41 Å². The quantitative estimate of drug-likeness (QED) is 0.147. The summed E-state index contributed by atoms with van der Waals surface area (Å²) in [5, 5.41) is 9.79. The number of nitriles is 1. The smallest absolute Gasteiger partial charge is 0.321 e. The molecule has 1 aliphatic carbocycles. The molecule has 0 aliphatic heterocycles. The maximum atomic E-state index is 13.8. The normalized spacial score (nSPS) is 15.6. The summed E-state index contributed by atoms with van der Waals surface area (Å²) in [7, 11) is 0. The second-order valence-electron chi connectivity index (χ2n) is 11.3. The van der Waals surface area contributed by atoms with Gasteiger partial charge in [0.1, 0.15) is 11.8 Å². The summed E-state index contributed by atoms with van der Waals surface area (Å²) in [6.07, 6.45) is 16.7. The van der Waals surface area contributed by atoms with Crippen molar-refractivity contribution in [3.05, 3.63) is 64.7 Å². The molecule has 0 bridgehead atoms. The van der Waals surface area contributed by atoms with Crippen LogP contribution in [0.5, 0.6) is 5.75 Å². The summed E-state index contributed by atoms with van der Waals surface area (Å²) < 4.78 is 6.02. The van der Waals surface area contributed by atoms with Crippen molar-refractivity contribution in [3.63, 3.8) is 0 Å². The molecule has 0 radical (unpaired) electrons. The van der Waals surface area contributed by atoms with E-state index in [1.807, 2.05) is 18.2 Å². The zero-order chi connectivity index (χ0) is 26.5. The zero-order valence-corrected chi connectivity index (χ0v) is 23.5. The monoisotopic (exact) mass is 501 g/mol. The minimum atomic E-state index is -0.630. The third-order valence-corrected chi connectivity index (χ3v) is 8.18. The Morgan fingerprint density at radius 1 is 0.919 bits per heavy atom. The average Bonchev–Trinajstić information content (AvgIpc) is 2.92. The molecule has 0 amide bonds. The summed E-state index contributed by atoms with van der Waals surface area (Å²) in [5.74, 6) is 0.859. The van der Waals surface area contributed by atoms with E-state index in [1.165, 1.54) is 50.5 Å². The van der Waals surface area contributed by atoms with E-state index in [9.17, 15) is 10.1 Å². The molecule has 0 N–H and O–H groups in total. The van der Waals surface area contributed by atoms with Crippen LogP contribution < -0.4 is 4.74 Å². The van der Waals surface area contributed by atoms with E-state index in [-0.39, 0.29) is 5.97 Å². The Balaban J connectivity index is 1.73. The van der Waals surface area contributed by atoms with Crippen LogP contribution in [0.1, 0.15) is 126 Å². The minimum absolute atomic E-state index is 0.208. The van der Waals surface area contributed by atoms with E-state index in [0.29, 0.717) is 17.2 Å². The molecule has 3 rings (SSSR count). The van der Waals surface area contributed by atoms with Gasteiger partial charge in [-0.05, 0) is 66.8 Å². The zero-order valence-electron chi connectivity index (χ0n) is 23.5. The van der Waals surface area contributed by atoms with Gasteiger partial charge in [0, 0.05) is 0 Å². The Bertz CT molecular complexity index is 1010. The van der Waals surface area contributed by atoms with Gasteiger partial charge >= 0.3 is 5.97 Å². The SMILES string of the molecule is CCCCCCc1ccc(OC(=O)C2(c3ccc(CC(C)CCCCC)cc3)CCCCC2)c(C#N)c1. The molecule has 37 heavy (non-hydrogen) atoms. The predicted molar refractivity (Wildman–Crippen MR) is 153 cm³/mol. The van der Waals surface area contributed by atoms with Gasteiger partial charge in [0.15, 0.2) is 0 Å². The van der Waals surface area contributed by atoms with Gasteiger partial charge in [-0.15, -0.1) is 0 Å². The molecule has 0 heterocycles. The number of carbonyl (C=O) groups excluding carboxylic acids is 1. The van der Waals surface area contributed by atoms with Crippen LogP contribution in [0.2, 0.25) is 0 Å². The summed E-state index contributed by atoms with van der Waals surface area (Å²) in [6.45, 7) is 6.80. The van der Waals surface area contributed by atoms with Crippen LogP contribution in [-0.2, 0) is 23.1 Å². The summed E-state index contributed by atoms with van der Waals surface area (Å²) >= 11 is 0. The maximum Gasteiger partial charge on any atom is 0.321 e. The molecule has 1 fully saturated rings. The molecule has 200 valence electrons. The first-order valence-corrected chi connectivity index (χ1v) is 14.9. The second kappa shape index (κ2) is 15.0. The lowest BCUT2D eigenvalue weighted by atomic mass is 9.69. The van der Waals surface area contributed by atoms with Gasteiger partial charge in [0.2, 0.25) is 0 Å². The highest BCUT2D eigenvalue weighted by Gasteiger charge is 2.43. The molecule has 1 aliphatic rings. The van der Waals surface area contributed by atoms with Crippen molar-refractivity contribution in [2.75, 3.05) is 0 Å². The highest BCUT2D eigenvalue weighted by atomic mass is 16.5. The minimum Gasteiger partial charge on any atom is -0.424 e. The first kappa shape index (κ1) is 29.0. The highest BCUT2D eigenvalue weighted by molar-refractivity contribution is 5.85. The Kier molecular flexibility index (Phi) is 11.7. The van der Waals surface area contributed by atoms with Crippen molar-refractivity contribution in [3.8, 4) is 11.8 Å². The molecule has 3 nitrogen and oxygen atoms in total. The number of unbranched alkanes of at least 4 members (excludes halogenated alkanes) is 5. The first-order chi connectivity index (χ1) is 18.0. The maximum absolute atomic E-state index is 13.8. The van der Waals surface area contributed by atoms with Crippen LogP contribution in [0.15, 0.2) is 42.5 Å². The number of esters is 1. The van der Waals surface area contributed by atoms with Gasteiger partial charge in [-0.3, -0.25) is 4.79 Å².